The molecule has 1 aliphatic heterocycles. The molecule has 5 heteroatoms. The van der Waals surface area contributed by atoms with Crippen LogP contribution in [0.5, 0.6) is 0 Å². The fourth-order valence-corrected chi connectivity index (χ4v) is 1.85. The smallest absolute Gasteiger partial charge is 0.274 e. The van der Waals surface area contributed by atoms with Crippen LogP contribution < -0.4 is 5.48 Å². The van der Waals surface area contributed by atoms with Crippen LogP contribution >= 0.6 is 15.9 Å². The van der Waals surface area contributed by atoms with Crippen molar-refractivity contribution in [3.63, 3.8) is 0 Å². The third kappa shape index (κ3) is 3.80. The van der Waals surface area contributed by atoms with Crippen molar-refractivity contribution < 1.29 is 14.4 Å². The molecule has 1 N–H and O–H groups in total. The molecule has 2 rings (SSSR count). The lowest BCUT2D eigenvalue weighted by Gasteiger charge is -2.22. The van der Waals surface area contributed by atoms with E-state index in [4.69, 9.17) is 9.57 Å². The van der Waals surface area contributed by atoms with Crippen molar-refractivity contribution >= 4 is 21.8 Å². The number of amides is 1. The summed E-state index contributed by atoms with van der Waals surface area (Å²) in [6, 6.07) is 7.08. The van der Waals surface area contributed by atoms with Crippen molar-refractivity contribution in [2.24, 2.45) is 0 Å². The molecule has 1 aliphatic rings. The normalized spacial score (nSPS) is 19.9. The fourth-order valence-electron chi connectivity index (χ4n) is 1.58. The van der Waals surface area contributed by atoms with Crippen molar-refractivity contribution in [3.8, 4) is 0 Å². The summed E-state index contributed by atoms with van der Waals surface area (Å²) in [6.45, 7) is 0.693. The first-order valence-corrected chi connectivity index (χ1v) is 6.38. The van der Waals surface area contributed by atoms with Crippen LogP contribution in [0.2, 0.25) is 0 Å². The first-order valence-electron chi connectivity index (χ1n) is 5.59. The number of carbonyl (C=O) groups excluding carboxylic acids is 1. The molecule has 1 saturated heterocycles. The lowest BCUT2D eigenvalue weighted by molar-refractivity contribution is -0.186. The molecule has 0 radical (unpaired) electrons. The van der Waals surface area contributed by atoms with Gasteiger partial charge in [0.25, 0.3) is 5.91 Å². The van der Waals surface area contributed by atoms with Crippen molar-refractivity contribution in [1.29, 1.82) is 0 Å². The van der Waals surface area contributed by atoms with E-state index in [1.54, 1.807) is 12.1 Å². The molecular formula is C12H14BrNO3. The summed E-state index contributed by atoms with van der Waals surface area (Å²) in [7, 11) is 0. The third-order valence-corrected chi connectivity index (χ3v) is 3.06. The highest BCUT2D eigenvalue weighted by Gasteiger charge is 2.16. The van der Waals surface area contributed by atoms with Gasteiger partial charge in [0, 0.05) is 23.1 Å². The second-order valence-corrected chi connectivity index (χ2v) is 4.77. The first-order chi connectivity index (χ1) is 8.25. The van der Waals surface area contributed by atoms with Crippen LogP contribution in [0.3, 0.4) is 0 Å². The third-order valence-electron chi connectivity index (χ3n) is 2.53. The predicted octanol–water partition coefficient (Wildman–Crippen LogP) is 2.64. The molecule has 0 aromatic heterocycles. The van der Waals surface area contributed by atoms with Gasteiger partial charge in [-0.3, -0.25) is 4.79 Å². The summed E-state index contributed by atoms with van der Waals surface area (Å²) in [6.07, 6.45) is 2.63. The van der Waals surface area contributed by atoms with E-state index in [2.05, 4.69) is 21.4 Å². The van der Waals surface area contributed by atoms with Gasteiger partial charge in [0.2, 0.25) is 0 Å². The van der Waals surface area contributed by atoms with E-state index < -0.39 is 0 Å². The van der Waals surface area contributed by atoms with Gasteiger partial charge in [0.05, 0.1) is 0 Å². The SMILES string of the molecule is O=C(NO[C@H]1CCCCO1)c1ccc(Br)cc1. The van der Waals surface area contributed by atoms with Gasteiger partial charge >= 0.3 is 0 Å². The average molecular weight is 300 g/mol. The number of hydroxylamine groups is 1. The molecule has 1 heterocycles. The molecule has 0 aliphatic carbocycles. The van der Waals surface area contributed by atoms with Crippen molar-refractivity contribution in [2.45, 2.75) is 25.6 Å². The van der Waals surface area contributed by atoms with Crippen LogP contribution in [0.15, 0.2) is 28.7 Å². The van der Waals surface area contributed by atoms with Gasteiger partial charge in [-0.15, -0.1) is 0 Å². The Morgan fingerprint density at radius 1 is 1.35 bits per heavy atom. The number of nitrogens with one attached hydrogen (secondary N) is 1. The van der Waals surface area contributed by atoms with Gasteiger partial charge in [0.1, 0.15) is 0 Å². The maximum absolute atomic E-state index is 11.7. The molecule has 1 atom stereocenters. The summed E-state index contributed by atoms with van der Waals surface area (Å²) in [5.41, 5.74) is 2.97. The Hall–Kier alpha value is -0.910. The molecule has 92 valence electrons. The number of hydrogen-bond donors (Lipinski definition) is 1. The summed E-state index contributed by atoms with van der Waals surface area (Å²) < 4.78 is 6.27. The Balaban J connectivity index is 1.82. The van der Waals surface area contributed by atoms with Crippen LogP contribution in [0.4, 0.5) is 0 Å². The average Bonchev–Trinajstić information content (AvgIpc) is 2.38. The van der Waals surface area contributed by atoms with Crippen LogP contribution in [-0.2, 0) is 9.57 Å². The van der Waals surface area contributed by atoms with Crippen molar-refractivity contribution in [3.05, 3.63) is 34.3 Å². The molecule has 1 amide bonds. The molecule has 4 nitrogen and oxygen atoms in total. The Morgan fingerprint density at radius 3 is 2.76 bits per heavy atom. The van der Waals surface area contributed by atoms with Crippen LogP contribution in [0.1, 0.15) is 29.6 Å². The van der Waals surface area contributed by atoms with E-state index in [1.165, 1.54) is 0 Å². The summed E-state index contributed by atoms with van der Waals surface area (Å²) >= 11 is 3.31. The van der Waals surface area contributed by atoms with Gasteiger partial charge in [-0.2, -0.15) is 0 Å². The number of ether oxygens (including phenoxy) is 1. The lowest BCUT2D eigenvalue weighted by atomic mass is 10.2. The summed E-state index contributed by atoms with van der Waals surface area (Å²) in [4.78, 5) is 16.9. The number of carbonyl (C=O) groups is 1. The minimum Gasteiger partial charge on any atom is -0.350 e. The minimum atomic E-state index is -0.317. The maximum Gasteiger partial charge on any atom is 0.274 e. The summed E-state index contributed by atoms with van der Waals surface area (Å²) in [5, 5.41) is 0. The second kappa shape index (κ2) is 6.14. The van der Waals surface area contributed by atoms with E-state index >= 15 is 0 Å². The Morgan fingerprint density at radius 2 is 2.12 bits per heavy atom. The zero-order valence-corrected chi connectivity index (χ0v) is 10.9. The first kappa shape index (κ1) is 12.5. The minimum absolute atomic E-state index is 0.258. The van der Waals surface area contributed by atoms with Gasteiger partial charge in [-0.25, -0.2) is 10.3 Å². The van der Waals surface area contributed by atoms with Gasteiger partial charge in [-0.05, 0) is 37.1 Å². The molecular weight excluding hydrogens is 286 g/mol. The lowest BCUT2D eigenvalue weighted by Crippen LogP contribution is -2.33. The zero-order valence-electron chi connectivity index (χ0n) is 9.32. The zero-order chi connectivity index (χ0) is 12.1. The molecule has 1 aromatic rings. The summed E-state index contributed by atoms with van der Waals surface area (Å²) in [5.74, 6) is -0.258. The number of halogens is 1. The van der Waals surface area contributed by atoms with Crippen LogP contribution in [0.25, 0.3) is 0 Å². The predicted molar refractivity (Wildman–Crippen MR) is 66.3 cm³/mol. The van der Waals surface area contributed by atoms with E-state index in [0.717, 1.165) is 23.7 Å². The molecule has 17 heavy (non-hydrogen) atoms. The van der Waals surface area contributed by atoms with Crippen LogP contribution in [-0.4, -0.2) is 18.8 Å². The topological polar surface area (TPSA) is 47.6 Å². The Labute approximate surface area is 108 Å². The van der Waals surface area contributed by atoms with E-state index in [1.807, 2.05) is 12.1 Å². The molecule has 1 aromatic carbocycles. The molecule has 0 spiro atoms. The fraction of sp³-hybridized carbons (Fsp3) is 0.417. The van der Waals surface area contributed by atoms with Crippen LogP contribution in [0, 0.1) is 0 Å². The van der Waals surface area contributed by atoms with Crippen molar-refractivity contribution in [1.82, 2.24) is 5.48 Å². The maximum atomic E-state index is 11.7. The highest BCUT2D eigenvalue weighted by molar-refractivity contribution is 9.10. The van der Waals surface area contributed by atoms with Gasteiger partial charge in [0.15, 0.2) is 6.29 Å². The number of hydrogen-bond acceptors (Lipinski definition) is 3. The largest absolute Gasteiger partial charge is 0.350 e. The number of rotatable bonds is 3. The molecule has 0 bridgehead atoms. The Kier molecular flexibility index (Phi) is 4.53. The van der Waals surface area contributed by atoms with E-state index in [-0.39, 0.29) is 12.2 Å². The van der Waals surface area contributed by atoms with E-state index in [9.17, 15) is 4.79 Å². The van der Waals surface area contributed by atoms with Crippen molar-refractivity contribution in [2.75, 3.05) is 6.61 Å². The molecule has 1 fully saturated rings. The molecule has 0 saturated carbocycles. The highest BCUT2D eigenvalue weighted by Crippen LogP contribution is 2.13. The standard InChI is InChI=1S/C12H14BrNO3/c13-10-6-4-9(5-7-10)12(15)14-17-11-3-1-2-8-16-11/h4-7,11H,1-3,8H2,(H,14,15)/t11-/m0/s1. The molecule has 0 unspecified atom stereocenters. The van der Waals surface area contributed by atoms with E-state index in [0.29, 0.717) is 12.2 Å². The quantitative estimate of drug-likeness (QED) is 0.873. The van der Waals surface area contributed by atoms with Gasteiger partial charge in [-0.1, -0.05) is 15.9 Å². The highest BCUT2D eigenvalue weighted by atomic mass is 79.9. The number of benzene rings is 1. The monoisotopic (exact) mass is 299 g/mol. The Bertz CT molecular complexity index is 374. The van der Waals surface area contributed by atoms with Gasteiger partial charge < -0.3 is 4.74 Å². The second-order valence-electron chi connectivity index (χ2n) is 3.85.